The summed E-state index contributed by atoms with van der Waals surface area (Å²) >= 11 is 12.5. The van der Waals surface area contributed by atoms with Crippen molar-refractivity contribution in [1.29, 1.82) is 0 Å². The van der Waals surface area contributed by atoms with Crippen molar-refractivity contribution in [3.05, 3.63) is 152 Å². The number of aryl methyl sites for hydroxylation is 4. The molecule has 9 nitrogen and oxygen atoms in total. The molecule has 5 aromatic rings. The fourth-order valence-electron chi connectivity index (χ4n) is 8.27. The Labute approximate surface area is 321 Å². The lowest BCUT2D eigenvalue weighted by Crippen LogP contribution is -2.51. The highest BCUT2D eigenvalue weighted by molar-refractivity contribution is 6.31. The monoisotopic (exact) mass is 746 g/mol. The van der Waals surface area contributed by atoms with Crippen LogP contribution in [0.3, 0.4) is 0 Å². The van der Waals surface area contributed by atoms with Gasteiger partial charge < -0.3 is 15.5 Å². The van der Waals surface area contributed by atoms with Gasteiger partial charge in [-0.2, -0.15) is 0 Å². The van der Waals surface area contributed by atoms with Crippen LogP contribution in [0, 0.1) is 0 Å². The molecule has 5 heterocycles. The summed E-state index contributed by atoms with van der Waals surface area (Å²) in [6.45, 7) is 7.09. The molecule has 53 heavy (non-hydrogen) atoms. The lowest BCUT2D eigenvalue weighted by atomic mass is 9.96. The van der Waals surface area contributed by atoms with Crippen molar-refractivity contribution in [2.24, 2.45) is 0 Å². The van der Waals surface area contributed by atoms with E-state index in [2.05, 4.69) is 67.9 Å². The van der Waals surface area contributed by atoms with Crippen LogP contribution in [-0.2, 0) is 25.7 Å². The van der Waals surface area contributed by atoms with Crippen LogP contribution in [0.2, 0.25) is 10.0 Å². The third-order valence-electron chi connectivity index (χ3n) is 10.9. The predicted molar refractivity (Wildman–Crippen MR) is 211 cm³/mol. The summed E-state index contributed by atoms with van der Waals surface area (Å²) in [7, 11) is 0. The van der Waals surface area contributed by atoms with Crippen LogP contribution in [0.1, 0.15) is 56.9 Å². The fraction of sp³-hybridized carbons (Fsp3) is 0.333. The molecular formula is C42H44Cl2N8O. The van der Waals surface area contributed by atoms with Gasteiger partial charge in [0.1, 0.15) is 0 Å². The van der Waals surface area contributed by atoms with Gasteiger partial charge in [-0.05, 0) is 108 Å². The molecule has 0 unspecified atom stereocenters. The minimum atomic E-state index is -0.0841. The van der Waals surface area contributed by atoms with Gasteiger partial charge in [0.15, 0.2) is 0 Å². The van der Waals surface area contributed by atoms with Crippen LogP contribution in [0.4, 0.5) is 10.5 Å². The lowest BCUT2D eigenvalue weighted by Gasteiger charge is -2.39. The summed E-state index contributed by atoms with van der Waals surface area (Å²) in [5.74, 6) is 0. The van der Waals surface area contributed by atoms with Crippen LogP contribution in [0.5, 0.6) is 0 Å². The maximum atomic E-state index is 12.7. The van der Waals surface area contributed by atoms with E-state index in [4.69, 9.17) is 33.2 Å². The quantitative estimate of drug-likeness (QED) is 0.206. The van der Waals surface area contributed by atoms with Crippen molar-refractivity contribution >= 4 is 34.9 Å². The maximum Gasteiger partial charge on any atom is 0.321 e. The third kappa shape index (κ3) is 7.95. The zero-order valence-electron chi connectivity index (χ0n) is 29.7. The zero-order valence-corrected chi connectivity index (χ0v) is 31.2. The molecule has 9 rings (SSSR count). The van der Waals surface area contributed by atoms with Crippen molar-refractivity contribution in [3.63, 3.8) is 0 Å². The van der Waals surface area contributed by atoms with Crippen LogP contribution in [-0.4, -0.2) is 88.0 Å². The minimum absolute atomic E-state index is 0.0782. The number of hydrogen-bond donors (Lipinski definition) is 2. The number of nitrogens with one attached hydrogen (secondary N) is 2. The molecule has 0 radical (unpaired) electrons. The van der Waals surface area contributed by atoms with Crippen LogP contribution in [0.25, 0.3) is 0 Å². The smallest absolute Gasteiger partial charge is 0.321 e. The lowest BCUT2D eigenvalue weighted by molar-refractivity contribution is 0.125. The number of halogens is 2. The molecule has 2 aromatic carbocycles. The second-order valence-corrected chi connectivity index (χ2v) is 14.9. The largest absolute Gasteiger partial charge is 0.322 e. The van der Waals surface area contributed by atoms with E-state index in [9.17, 15) is 4.79 Å². The Kier molecular flexibility index (Phi) is 11.0. The Hall–Kier alpha value is -4.38. The van der Waals surface area contributed by atoms with Crippen LogP contribution in [0.15, 0.2) is 97.6 Å². The van der Waals surface area contributed by atoms with Crippen molar-refractivity contribution in [2.75, 3.05) is 57.7 Å². The van der Waals surface area contributed by atoms with E-state index in [0.29, 0.717) is 18.8 Å². The first kappa shape index (κ1) is 35.6. The van der Waals surface area contributed by atoms with Crippen molar-refractivity contribution in [2.45, 2.75) is 37.8 Å². The molecule has 11 heteroatoms. The number of urea groups is 1. The zero-order chi connectivity index (χ0) is 36.1. The van der Waals surface area contributed by atoms with Crippen molar-refractivity contribution < 1.29 is 4.79 Å². The van der Waals surface area contributed by atoms with Gasteiger partial charge in [0.2, 0.25) is 0 Å². The molecular weight excluding hydrogens is 703 g/mol. The molecule has 2 fully saturated rings. The fourth-order valence-corrected chi connectivity index (χ4v) is 8.66. The molecule has 2 saturated heterocycles. The molecule has 4 aliphatic rings. The molecule has 0 saturated carbocycles. The van der Waals surface area contributed by atoms with Gasteiger partial charge in [-0.15, -0.1) is 0 Å². The van der Waals surface area contributed by atoms with E-state index in [1.165, 1.54) is 39.1 Å². The number of carbonyl (C=O) groups is 1. The number of hydrogen-bond acceptors (Lipinski definition) is 7. The highest BCUT2D eigenvalue weighted by atomic mass is 35.5. The molecule has 3 aromatic heterocycles. The Bertz CT molecular complexity index is 2050. The van der Waals surface area contributed by atoms with Crippen LogP contribution < -0.4 is 10.6 Å². The second kappa shape index (κ2) is 16.3. The standard InChI is InChI=1S/C24H24ClN5O.C18H20ClN3/c25-19-7-8-21-18(15-19)6-5-17-3-1-10-27-22(17)23(21)29-11-13-30(14-12-29)24(31)28-20-4-2-9-26-16-20;19-15-5-6-16-14(12-15)4-3-13-2-1-7-21-17(13)18(16)22-10-8-20-9-11-22/h1-4,7-10,15-16,23H,5-6,11-14H2,(H,28,31);1-2,5-7,12,18,20H,3-4,8-11H2/t23-;18-/m00/s1. The first-order valence-corrected chi connectivity index (χ1v) is 19.4. The van der Waals surface area contributed by atoms with Gasteiger partial charge in [0.25, 0.3) is 0 Å². The van der Waals surface area contributed by atoms with E-state index in [1.807, 2.05) is 47.6 Å². The summed E-state index contributed by atoms with van der Waals surface area (Å²) in [5, 5.41) is 7.98. The summed E-state index contributed by atoms with van der Waals surface area (Å²) in [5.41, 5.74) is 11.0. The van der Waals surface area contributed by atoms with Gasteiger partial charge in [0, 0.05) is 81.0 Å². The molecule has 272 valence electrons. The normalized spacial score (nSPS) is 19.9. The number of anilines is 1. The predicted octanol–water partition coefficient (Wildman–Crippen LogP) is 7.00. The first-order chi connectivity index (χ1) is 26.0. The van der Waals surface area contributed by atoms with E-state index >= 15 is 0 Å². The molecule has 2 atom stereocenters. The van der Waals surface area contributed by atoms with Gasteiger partial charge in [-0.3, -0.25) is 24.8 Å². The van der Waals surface area contributed by atoms with Gasteiger partial charge in [-0.25, -0.2) is 4.79 Å². The van der Waals surface area contributed by atoms with E-state index < -0.39 is 0 Å². The molecule has 0 spiro atoms. The van der Waals surface area contributed by atoms with E-state index in [0.717, 1.165) is 80.7 Å². The minimum Gasteiger partial charge on any atom is -0.322 e. The van der Waals surface area contributed by atoms with Crippen molar-refractivity contribution in [3.8, 4) is 0 Å². The third-order valence-corrected chi connectivity index (χ3v) is 11.4. The second-order valence-electron chi connectivity index (χ2n) is 14.1. The van der Waals surface area contributed by atoms with Crippen molar-refractivity contribution in [1.82, 2.24) is 35.0 Å². The van der Waals surface area contributed by atoms with Gasteiger partial charge in [0.05, 0.1) is 35.4 Å². The number of nitrogens with zero attached hydrogens (tertiary/aromatic N) is 6. The highest BCUT2D eigenvalue weighted by Crippen LogP contribution is 2.38. The number of amides is 2. The maximum absolute atomic E-state index is 12.7. The van der Waals surface area contributed by atoms with E-state index in [-0.39, 0.29) is 18.1 Å². The van der Waals surface area contributed by atoms with Gasteiger partial charge in [-0.1, -0.05) is 47.5 Å². The highest BCUT2D eigenvalue weighted by Gasteiger charge is 2.34. The Morgan fingerprint density at radius 1 is 0.642 bits per heavy atom. The summed E-state index contributed by atoms with van der Waals surface area (Å²) in [4.78, 5) is 33.2. The number of pyridine rings is 3. The molecule has 2 aliphatic heterocycles. The Morgan fingerprint density at radius 2 is 1.17 bits per heavy atom. The molecule has 2 aliphatic carbocycles. The number of aromatic nitrogens is 3. The van der Waals surface area contributed by atoms with Crippen LogP contribution >= 0.6 is 23.2 Å². The van der Waals surface area contributed by atoms with Gasteiger partial charge >= 0.3 is 6.03 Å². The Balaban J connectivity index is 0.000000160. The summed E-state index contributed by atoms with van der Waals surface area (Å²) in [6.07, 6.45) is 11.1. The number of benzene rings is 2. The molecule has 0 bridgehead atoms. The topological polar surface area (TPSA) is 89.5 Å². The number of rotatable bonds is 3. The number of piperazine rings is 2. The first-order valence-electron chi connectivity index (χ1n) is 18.6. The average molecular weight is 748 g/mol. The SMILES string of the molecule is Clc1ccc2c(c1)CCc1cccnc1[C@H]2N1CCNCC1.O=C(Nc1cccnc1)N1CCN([C@H]2c3ccc(Cl)cc3CCc3cccnc32)CC1. The number of fused-ring (bicyclic) bond motifs is 4. The molecule has 2 N–H and O–H groups in total. The molecule has 2 amide bonds. The number of carbonyl (C=O) groups excluding carboxylic acids is 1. The Morgan fingerprint density at radius 3 is 1.72 bits per heavy atom. The van der Waals surface area contributed by atoms with E-state index in [1.54, 1.807) is 12.4 Å². The summed E-state index contributed by atoms with van der Waals surface area (Å²) < 4.78 is 0. The summed E-state index contributed by atoms with van der Waals surface area (Å²) in [6, 6.07) is 24.9. The average Bonchev–Trinajstić information content (AvgIpc) is 3.46.